The number of carbonyl (C=O) groups excluding carboxylic acids is 2. The van der Waals surface area contributed by atoms with Crippen molar-refractivity contribution in [2.75, 3.05) is 13.1 Å². The summed E-state index contributed by atoms with van der Waals surface area (Å²) in [6.45, 7) is 3.07. The van der Waals surface area contributed by atoms with Gasteiger partial charge in [-0.3, -0.25) is 9.59 Å². The van der Waals surface area contributed by atoms with Crippen molar-refractivity contribution in [2.45, 2.75) is 18.9 Å². The van der Waals surface area contributed by atoms with E-state index in [1.54, 1.807) is 15.6 Å². The van der Waals surface area contributed by atoms with E-state index >= 15 is 0 Å². The van der Waals surface area contributed by atoms with E-state index < -0.39 is 0 Å². The lowest BCUT2D eigenvalue weighted by atomic mass is 10.1. The summed E-state index contributed by atoms with van der Waals surface area (Å²) in [4.78, 5) is 35.1. The molecule has 0 bridgehead atoms. The second-order valence-electron chi connectivity index (χ2n) is 7.78. The summed E-state index contributed by atoms with van der Waals surface area (Å²) in [5.74, 6) is 0.0648. The maximum atomic E-state index is 12.9. The summed E-state index contributed by atoms with van der Waals surface area (Å²) in [6.07, 6.45) is 7.21. The van der Waals surface area contributed by atoms with Crippen molar-refractivity contribution in [2.24, 2.45) is 5.92 Å². The number of piperidine rings is 1. The molecule has 8 nitrogen and oxygen atoms in total. The normalized spacial score (nSPS) is 22.2. The van der Waals surface area contributed by atoms with Gasteiger partial charge in [0.15, 0.2) is 0 Å². The SMILES string of the molecule is Cc1ccn(-c2cccc(C(=O)N[C@]34C[C@H]3CN(C(=O)c3cncnc3)C4)c2)n1. The number of nitrogens with zero attached hydrogens (tertiary/aromatic N) is 5. The zero-order valence-electron chi connectivity index (χ0n) is 15.9. The number of fused-ring (bicyclic) bond motifs is 1. The molecule has 8 heteroatoms. The van der Waals surface area contributed by atoms with E-state index in [0.29, 0.717) is 24.2 Å². The molecule has 5 rings (SSSR count). The van der Waals surface area contributed by atoms with Crippen LogP contribution in [0.4, 0.5) is 0 Å². The van der Waals surface area contributed by atoms with Crippen LogP contribution in [0, 0.1) is 12.8 Å². The molecule has 2 atom stereocenters. The Morgan fingerprint density at radius 1 is 1.17 bits per heavy atom. The molecular formula is C21H20N6O2. The number of rotatable bonds is 4. The molecule has 3 aromatic rings. The predicted molar refractivity (Wildman–Crippen MR) is 105 cm³/mol. The molecule has 2 aliphatic rings. The lowest BCUT2D eigenvalue weighted by Gasteiger charge is -2.21. The van der Waals surface area contributed by atoms with Gasteiger partial charge in [0.2, 0.25) is 0 Å². The zero-order chi connectivity index (χ0) is 20.0. The molecule has 1 aliphatic heterocycles. The van der Waals surface area contributed by atoms with Gasteiger partial charge in [-0.15, -0.1) is 0 Å². The molecule has 2 amide bonds. The highest BCUT2D eigenvalue weighted by atomic mass is 16.2. The van der Waals surface area contributed by atoms with Crippen LogP contribution in [0.15, 0.2) is 55.2 Å². The topological polar surface area (TPSA) is 93.0 Å². The van der Waals surface area contributed by atoms with Crippen LogP contribution in [-0.2, 0) is 0 Å². The Balaban J connectivity index is 1.29. The first-order chi connectivity index (χ1) is 14.0. The molecule has 2 fully saturated rings. The molecule has 1 saturated carbocycles. The Bertz CT molecular complexity index is 1100. The van der Waals surface area contributed by atoms with Crippen LogP contribution in [0.3, 0.4) is 0 Å². The van der Waals surface area contributed by atoms with Crippen LogP contribution >= 0.6 is 0 Å². The fourth-order valence-electron chi connectivity index (χ4n) is 4.07. The quantitative estimate of drug-likeness (QED) is 0.733. The third kappa shape index (κ3) is 3.16. The molecule has 29 heavy (non-hydrogen) atoms. The van der Waals surface area contributed by atoms with Crippen molar-refractivity contribution in [1.82, 2.24) is 30.0 Å². The monoisotopic (exact) mass is 388 g/mol. The predicted octanol–water partition coefficient (Wildman–Crippen LogP) is 1.62. The van der Waals surface area contributed by atoms with Crippen molar-refractivity contribution in [3.63, 3.8) is 0 Å². The van der Waals surface area contributed by atoms with E-state index in [-0.39, 0.29) is 23.3 Å². The Morgan fingerprint density at radius 2 is 2.00 bits per heavy atom. The third-order valence-electron chi connectivity index (χ3n) is 5.70. The minimum Gasteiger partial charge on any atom is -0.344 e. The Morgan fingerprint density at radius 3 is 2.76 bits per heavy atom. The number of nitrogens with one attached hydrogen (secondary N) is 1. The van der Waals surface area contributed by atoms with Crippen molar-refractivity contribution in [3.05, 3.63) is 72.1 Å². The van der Waals surface area contributed by atoms with Crippen molar-refractivity contribution in [3.8, 4) is 5.69 Å². The number of aryl methyl sites for hydroxylation is 1. The Hall–Kier alpha value is -3.55. The first-order valence-corrected chi connectivity index (χ1v) is 9.54. The lowest BCUT2D eigenvalue weighted by Crippen LogP contribution is -2.43. The number of aromatic nitrogens is 4. The molecule has 3 heterocycles. The summed E-state index contributed by atoms with van der Waals surface area (Å²) in [6, 6.07) is 9.31. The smallest absolute Gasteiger partial charge is 0.257 e. The van der Waals surface area contributed by atoms with Gasteiger partial charge in [-0.2, -0.15) is 5.10 Å². The third-order valence-corrected chi connectivity index (χ3v) is 5.70. The van der Waals surface area contributed by atoms with E-state index in [1.807, 2.05) is 37.4 Å². The molecule has 2 aromatic heterocycles. The minimum atomic E-state index is -0.333. The van der Waals surface area contributed by atoms with Gasteiger partial charge in [0.1, 0.15) is 6.33 Å². The molecule has 1 aliphatic carbocycles. The highest BCUT2D eigenvalue weighted by Crippen LogP contribution is 2.49. The van der Waals surface area contributed by atoms with Gasteiger partial charge in [0, 0.05) is 43.2 Å². The molecular weight excluding hydrogens is 368 g/mol. The number of hydrogen-bond donors (Lipinski definition) is 1. The standard InChI is InChI=1S/C21H20N6O2/c1-14-5-6-27(25-14)18-4-2-3-15(7-18)19(28)24-21-8-17(21)11-26(12-21)20(29)16-9-22-13-23-10-16/h2-7,9-10,13,17H,8,11-12H2,1H3,(H,24,28)/t17-,21-/m0/s1. The Labute approximate surface area is 167 Å². The van der Waals surface area contributed by atoms with E-state index in [1.165, 1.54) is 18.7 Å². The maximum Gasteiger partial charge on any atom is 0.257 e. The average Bonchev–Trinajstić information content (AvgIpc) is 3.06. The van der Waals surface area contributed by atoms with Gasteiger partial charge in [-0.05, 0) is 37.6 Å². The fourth-order valence-corrected chi connectivity index (χ4v) is 4.07. The number of likely N-dealkylation sites (tertiary alicyclic amines) is 1. The van der Waals surface area contributed by atoms with Gasteiger partial charge in [-0.1, -0.05) is 6.07 Å². The first kappa shape index (κ1) is 17.5. The first-order valence-electron chi connectivity index (χ1n) is 9.54. The molecule has 146 valence electrons. The number of carbonyl (C=O) groups is 2. The second-order valence-corrected chi connectivity index (χ2v) is 7.78. The second kappa shape index (κ2) is 6.51. The maximum absolute atomic E-state index is 12.9. The van der Waals surface area contributed by atoms with Crippen LogP contribution in [0.25, 0.3) is 5.69 Å². The van der Waals surface area contributed by atoms with Crippen LogP contribution in [-0.4, -0.2) is 55.1 Å². The summed E-state index contributed by atoms with van der Waals surface area (Å²) >= 11 is 0. The van der Waals surface area contributed by atoms with E-state index in [0.717, 1.165) is 17.8 Å². The minimum absolute atomic E-state index is 0.0949. The van der Waals surface area contributed by atoms with Crippen molar-refractivity contribution >= 4 is 11.8 Å². The van der Waals surface area contributed by atoms with Crippen molar-refractivity contribution < 1.29 is 9.59 Å². The number of benzene rings is 1. The summed E-state index contributed by atoms with van der Waals surface area (Å²) in [7, 11) is 0. The molecule has 0 unspecified atom stereocenters. The average molecular weight is 388 g/mol. The van der Waals surface area contributed by atoms with Gasteiger partial charge >= 0.3 is 0 Å². The molecule has 1 aromatic carbocycles. The van der Waals surface area contributed by atoms with E-state index in [4.69, 9.17) is 0 Å². The lowest BCUT2D eigenvalue weighted by molar-refractivity contribution is 0.0759. The summed E-state index contributed by atoms with van der Waals surface area (Å²) in [5.41, 5.74) is 2.47. The van der Waals surface area contributed by atoms with Gasteiger partial charge in [0.25, 0.3) is 11.8 Å². The van der Waals surface area contributed by atoms with Crippen molar-refractivity contribution in [1.29, 1.82) is 0 Å². The molecule has 0 radical (unpaired) electrons. The molecule has 1 saturated heterocycles. The largest absolute Gasteiger partial charge is 0.344 e. The molecule has 0 spiro atoms. The van der Waals surface area contributed by atoms with Crippen LogP contribution < -0.4 is 5.32 Å². The van der Waals surface area contributed by atoms with Crippen LogP contribution in [0.1, 0.15) is 32.8 Å². The van der Waals surface area contributed by atoms with E-state index in [9.17, 15) is 9.59 Å². The van der Waals surface area contributed by atoms with Gasteiger partial charge in [-0.25, -0.2) is 14.6 Å². The summed E-state index contributed by atoms with van der Waals surface area (Å²) < 4.78 is 1.75. The highest BCUT2D eigenvalue weighted by Gasteiger charge is 2.61. The zero-order valence-corrected chi connectivity index (χ0v) is 15.9. The van der Waals surface area contributed by atoms with Crippen LogP contribution in [0.5, 0.6) is 0 Å². The van der Waals surface area contributed by atoms with Crippen LogP contribution in [0.2, 0.25) is 0 Å². The van der Waals surface area contributed by atoms with Gasteiger partial charge in [0.05, 0.1) is 22.5 Å². The van der Waals surface area contributed by atoms with E-state index in [2.05, 4.69) is 20.4 Å². The summed E-state index contributed by atoms with van der Waals surface area (Å²) in [5, 5.41) is 7.57. The molecule has 1 N–H and O–H groups in total. The Kier molecular flexibility index (Phi) is 3.94. The number of hydrogen-bond acceptors (Lipinski definition) is 5. The fraction of sp³-hybridized carbons (Fsp3) is 0.286. The highest BCUT2D eigenvalue weighted by molar-refractivity contribution is 5.96. The van der Waals surface area contributed by atoms with Gasteiger partial charge < -0.3 is 10.2 Å². The number of amides is 2.